The molecular formula is C12H15NO4S. The van der Waals surface area contributed by atoms with E-state index in [4.69, 9.17) is 5.11 Å². The highest BCUT2D eigenvalue weighted by atomic mass is 32.2. The lowest BCUT2D eigenvalue weighted by Gasteiger charge is -2.24. The zero-order valence-corrected chi connectivity index (χ0v) is 10.6. The van der Waals surface area contributed by atoms with Crippen LogP contribution in [0.2, 0.25) is 0 Å². The Morgan fingerprint density at radius 1 is 1.17 bits per heavy atom. The number of nitrogens with one attached hydrogen (secondary N) is 1. The predicted octanol–water partition coefficient (Wildman–Crippen LogP) is 1.37. The largest absolute Gasteiger partial charge is 0.478 e. The van der Waals surface area contributed by atoms with Gasteiger partial charge in [0.1, 0.15) is 9.84 Å². The molecule has 0 aliphatic carbocycles. The fourth-order valence-corrected chi connectivity index (χ4v) is 3.47. The summed E-state index contributed by atoms with van der Waals surface area (Å²) in [6.45, 7) is 0. The van der Waals surface area contributed by atoms with Gasteiger partial charge in [-0.2, -0.15) is 0 Å². The van der Waals surface area contributed by atoms with E-state index in [0.717, 1.165) is 5.69 Å². The number of benzene rings is 1. The molecule has 0 saturated carbocycles. The van der Waals surface area contributed by atoms with Crippen molar-refractivity contribution in [3.63, 3.8) is 0 Å². The Morgan fingerprint density at radius 3 is 2.22 bits per heavy atom. The molecule has 18 heavy (non-hydrogen) atoms. The number of hydrogen-bond acceptors (Lipinski definition) is 4. The first kappa shape index (κ1) is 12.9. The van der Waals surface area contributed by atoms with Crippen molar-refractivity contribution in [3.05, 3.63) is 29.8 Å². The smallest absolute Gasteiger partial charge is 0.335 e. The molecule has 0 atom stereocenters. The second kappa shape index (κ2) is 4.97. The number of sulfone groups is 1. The number of rotatable bonds is 3. The quantitative estimate of drug-likeness (QED) is 0.866. The van der Waals surface area contributed by atoms with E-state index >= 15 is 0 Å². The highest BCUT2D eigenvalue weighted by molar-refractivity contribution is 7.91. The van der Waals surface area contributed by atoms with Crippen LogP contribution in [0.4, 0.5) is 5.69 Å². The molecule has 5 nitrogen and oxygen atoms in total. The topological polar surface area (TPSA) is 83.5 Å². The van der Waals surface area contributed by atoms with Crippen LogP contribution in [0, 0.1) is 0 Å². The molecule has 1 aromatic carbocycles. The molecule has 1 aromatic rings. The average molecular weight is 269 g/mol. The minimum Gasteiger partial charge on any atom is -0.478 e. The SMILES string of the molecule is O=C(O)c1ccc(NC2CCS(=O)(=O)CC2)cc1. The molecule has 0 amide bonds. The second-order valence-electron chi connectivity index (χ2n) is 4.45. The summed E-state index contributed by atoms with van der Waals surface area (Å²) < 4.78 is 22.6. The molecule has 0 aromatic heterocycles. The van der Waals surface area contributed by atoms with Crippen LogP contribution in [0.25, 0.3) is 0 Å². The fourth-order valence-electron chi connectivity index (χ4n) is 1.98. The Hall–Kier alpha value is -1.56. The van der Waals surface area contributed by atoms with Gasteiger partial charge in [-0.05, 0) is 37.1 Å². The van der Waals surface area contributed by atoms with Gasteiger partial charge in [0.05, 0.1) is 17.1 Å². The molecule has 0 bridgehead atoms. The number of anilines is 1. The second-order valence-corrected chi connectivity index (χ2v) is 6.76. The zero-order chi connectivity index (χ0) is 13.2. The minimum absolute atomic E-state index is 0.143. The molecule has 2 N–H and O–H groups in total. The van der Waals surface area contributed by atoms with Crippen LogP contribution in [0.1, 0.15) is 23.2 Å². The van der Waals surface area contributed by atoms with Crippen molar-refractivity contribution >= 4 is 21.5 Å². The number of carboxylic acid groups (broad SMARTS) is 1. The first-order valence-electron chi connectivity index (χ1n) is 5.76. The number of carbonyl (C=O) groups is 1. The van der Waals surface area contributed by atoms with Crippen molar-refractivity contribution in [2.24, 2.45) is 0 Å². The Kier molecular flexibility index (Phi) is 3.56. The molecular weight excluding hydrogens is 254 g/mol. The lowest BCUT2D eigenvalue weighted by molar-refractivity contribution is 0.0697. The van der Waals surface area contributed by atoms with Crippen molar-refractivity contribution in [1.29, 1.82) is 0 Å². The standard InChI is InChI=1S/C12H15NO4S/c14-12(15)9-1-3-10(4-2-9)13-11-5-7-18(16,17)8-6-11/h1-4,11,13H,5-8H2,(H,14,15). The van der Waals surface area contributed by atoms with Gasteiger partial charge in [-0.25, -0.2) is 13.2 Å². The van der Waals surface area contributed by atoms with Crippen LogP contribution < -0.4 is 5.32 Å². The number of hydrogen-bond donors (Lipinski definition) is 2. The minimum atomic E-state index is -2.84. The van der Waals surface area contributed by atoms with E-state index < -0.39 is 15.8 Å². The summed E-state index contributed by atoms with van der Waals surface area (Å²) in [6.07, 6.45) is 1.20. The van der Waals surface area contributed by atoms with Gasteiger partial charge in [0.25, 0.3) is 0 Å². The maximum Gasteiger partial charge on any atom is 0.335 e. The molecule has 0 spiro atoms. The van der Waals surface area contributed by atoms with E-state index in [0.29, 0.717) is 12.8 Å². The summed E-state index contributed by atoms with van der Waals surface area (Å²) >= 11 is 0. The van der Waals surface area contributed by atoms with Crippen molar-refractivity contribution in [3.8, 4) is 0 Å². The Labute approximate surface area is 106 Å². The van der Waals surface area contributed by atoms with Gasteiger partial charge in [0, 0.05) is 11.7 Å². The summed E-state index contributed by atoms with van der Waals surface area (Å²) in [6, 6.07) is 6.61. The molecule has 1 saturated heterocycles. The maximum atomic E-state index is 11.3. The summed E-state index contributed by atoms with van der Waals surface area (Å²) in [7, 11) is -2.84. The predicted molar refractivity (Wildman–Crippen MR) is 68.7 cm³/mol. The molecule has 1 heterocycles. The summed E-state index contributed by atoms with van der Waals surface area (Å²) in [4.78, 5) is 10.7. The first-order valence-corrected chi connectivity index (χ1v) is 7.59. The van der Waals surface area contributed by atoms with Gasteiger partial charge in [-0.1, -0.05) is 0 Å². The zero-order valence-electron chi connectivity index (χ0n) is 9.80. The molecule has 0 unspecified atom stereocenters. The highest BCUT2D eigenvalue weighted by Crippen LogP contribution is 2.18. The highest BCUT2D eigenvalue weighted by Gasteiger charge is 2.23. The van der Waals surface area contributed by atoms with Crippen molar-refractivity contribution in [1.82, 2.24) is 0 Å². The van der Waals surface area contributed by atoms with Gasteiger partial charge < -0.3 is 10.4 Å². The van der Waals surface area contributed by atoms with Crippen LogP contribution >= 0.6 is 0 Å². The van der Waals surface area contributed by atoms with Gasteiger partial charge >= 0.3 is 5.97 Å². The van der Waals surface area contributed by atoms with Crippen LogP contribution in [0.5, 0.6) is 0 Å². The van der Waals surface area contributed by atoms with Gasteiger partial charge in [-0.3, -0.25) is 0 Å². The van der Waals surface area contributed by atoms with Crippen molar-refractivity contribution in [2.45, 2.75) is 18.9 Å². The Morgan fingerprint density at radius 2 is 1.72 bits per heavy atom. The van der Waals surface area contributed by atoms with E-state index in [2.05, 4.69) is 5.32 Å². The molecule has 1 fully saturated rings. The summed E-state index contributed by atoms with van der Waals surface area (Å²) in [5.41, 5.74) is 1.07. The lowest BCUT2D eigenvalue weighted by atomic mass is 10.1. The Bertz CT molecular complexity index is 522. The number of carboxylic acids is 1. The average Bonchev–Trinajstić information content (AvgIpc) is 2.33. The van der Waals surface area contributed by atoms with E-state index in [1.165, 1.54) is 12.1 Å². The summed E-state index contributed by atoms with van der Waals surface area (Å²) in [5, 5.41) is 12.0. The molecule has 1 aliphatic rings. The molecule has 6 heteroatoms. The van der Waals surface area contributed by atoms with E-state index in [1.54, 1.807) is 12.1 Å². The van der Waals surface area contributed by atoms with Crippen molar-refractivity contribution < 1.29 is 18.3 Å². The fraction of sp³-hybridized carbons (Fsp3) is 0.417. The van der Waals surface area contributed by atoms with Gasteiger partial charge in [0.15, 0.2) is 0 Å². The van der Waals surface area contributed by atoms with Gasteiger partial charge in [-0.15, -0.1) is 0 Å². The monoisotopic (exact) mass is 269 g/mol. The third kappa shape index (κ3) is 3.22. The molecule has 2 rings (SSSR count). The third-order valence-corrected chi connectivity index (χ3v) is 4.77. The van der Waals surface area contributed by atoms with E-state index in [9.17, 15) is 13.2 Å². The van der Waals surface area contributed by atoms with Gasteiger partial charge in [0.2, 0.25) is 0 Å². The van der Waals surface area contributed by atoms with Crippen LogP contribution in [-0.2, 0) is 9.84 Å². The number of aromatic carboxylic acids is 1. The van der Waals surface area contributed by atoms with E-state index in [1.807, 2.05) is 0 Å². The molecule has 1 aliphatic heterocycles. The van der Waals surface area contributed by atoms with Crippen LogP contribution in [0.3, 0.4) is 0 Å². The molecule has 0 radical (unpaired) electrons. The van der Waals surface area contributed by atoms with E-state index in [-0.39, 0.29) is 23.1 Å². The summed E-state index contributed by atoms with van der Waals surface area (Å²) in [5.74, 6) is -0.513. The molecule has 98 valence electrons. The van der Waals surface area contributed by atoms with Crippen LogP contribution in [-0.4, -0.2) is 37.0 Å². The van der Waals surface area contributed by atoms with Crippen LogP contribution in [0.15, 0.2) is 24.3 Å². The van der Waals surface area contributed by atoms with Crippen molar-refractivity contribution in [2.75, 3.05) is 16.8 Å². The maximum absolute atomic E-state index is 11.3. The third-order valence-electron chi connectivity index (χ3n) is 3.06. The normalized spacial score (nSPS) is 19.3. The Balaban J connectivity index is 1.96. The lowest BCUT2D eigenvalue weighted by Crippen LogP contribution is -2.32. The first-order chi connectivity index (χ1) is 8.46.